The second-order valence-electron chi connectivity index (χ2n) is 4.18. The molecule has 0 aliphatic carbocycles. The van der Waals surface area contributed by atoms with Crippen LogP contribution in [0.2, 0.25) is 0 Å². The van der Waals surface area contributed by atoms with Crippen molar-refractivity contribution in [2.75, 3.05) is 13.6 Å². The summed E-state index contributed by atoms with van der Waals surface area (Å²) < 4.78 is 1.05. The van der Waals surface area contributed by atoms with E-state index in [0.717, 1.165) is 4.47 Å². The Morgan fingerprint density at radius 2 is 2.24 bits per heavy atom. The number of rotatable bonds is 5. The molecule has 0 amide bonds. The number of nitrogens with two attached hydrogens (primary N) is 1. The van der Waals surface area contributed by atoms with Crippen LogP contribution in [0.15, 0.2) is 28.7 Å². The zero-order valence-electron chi connectivity index (χ0n) is 10.2. The number of nitriles is 1. The fraction of sp³-hybridized carbons (Fsp3) is 0.462. The highest BCUT2D eigenvalue weighted by Gasteiger charge is 2.20. The standard InChI is InChI=1S/C13H18BrN3/c1-10(6-7-15)17(2)13(9-16)11-4-3-5-12(14)8-11/h3-5,8,10,13H,6,9,16H2,1-2H3. The van der Waals surface area contributed by atoms with Crippen molar-refractivity contribution in [1.82, 2.24) is 4.90 Å². The first kappa shape index (κ1) is 14.2. The van der Waals surface area contributed by atoms with E-state index < -0.39 is 0 Å². The average Bonchev–Trinajstić information content (AvgIpc) is 2.30. The lowest BCUT2D eigenvalue weighted by molar-refractivity contribution is 0.191. The maximum absolute atomic E-state index is 8.74. The monoisotopic (exact) mass is 295 g/mol. The molecule has 0 aliphatic heterocycles. The molecule has 1 rings (SSSR count). The lowest BCUT2D eigenvalue weighted by Crippen LogP contribution is -2.36. The summed E-state index contributed by atoms with van der Waals surface area (Å²) in [4.78, 5) is 2.16. The Bertz CT molecular complexity index is 400. The van der Waals surface area contributed by atoms with Gasteiger partial charge in [-0.25, -0.2) is 0 Å². The molecular weight excluding hydrogens is 278 g/mol. The zero-order valence-corrected chi connectivity index (χ0v) is 11.8. The van der Waals surface area contributed by atoms with Crippen molar-refractivity contribution < 1.29 is 0 Å². The highest BCUT2D eigenvalue weighted by Crippen LogP contribution is 2.23. The van der Waals surface area contributed by atoms with Crippen molar-refractivity contribution in [3.8, 4) is 6.07 Å². The number of hydrogen-bond acceptors (Lipinski definition) is 3. The van der Waals surface area contributed by atoms with Crippen molar-refractivity contribution >= 4 is 15.9 Å². The third kappa shape index (κ3) is 3.81. The fourth-order valence-corrected chi connectivity index (χ4v) is 2.25. The Balaban J connectivity index is 2.88. The highest BCUT2D eigenvalue weighted by molar-refractivity contribution is 9.10. The van der Waals surface area contributed by atoms with Crippen molar-refractivity contribution in [3.63, 3.8) is 0 Å². The van der Waals surface area contributed by atoms with Crippen LogP contribution in [0.5, 0.6) is 0 Å². The quantitative estimate of drug-likeness (QED) is 0.909. The minimum absolute atomic E-state index is 0.149. The van der Waals surface area contributed by atoms with Gasteiger partial charge in [-0.2, -0.15) is 5.26 Å². The van der Waals surface area contributed by atoms with Crippen LogP contribution in [-0.2, 0) is 0 Å². The van der Waals surface area contributed by atoms with Gasteiger partial charge in [-0.05, 0) is 31.7 Å². The van der Waals surface area contributed by atoms with Gasteiger partial charge in [-0.1, -0.05) is 28.1 Å². The van der Waals surface area contributed by atoms with Crippen LogP contribution < -0.4 is 5.73 Å². The predicted octanol–water partition coefficient (Wildman–Crippen LogP) is 2.68. The van der Waals surface area contributed by atoms with E-state index in [0.29, 0.717) is 13.0 Å². The number of hydrogen-bond donors (Lipinski definition) is 1. The molecule has 2 N–H and O–H groups in total. The molecule has 0 spiro atoms. The van der Waals surface area contributed by atoms with E-state index in [9.17, 15) is 0 Å². The van der Waals surface area contributed by atoms with Crippen LogP contribution in [0.1, 0.15) is 24.9 Å². The van der Waals surface area contributed by atoms with Crippen LogP contribution in [0.25, 0.3) is 0 Å². The zero-order chi connectivity index (χ0) is 12.8. The first-order chi connectivity index (χ1) is 8.10. The van der Waals surface area contributed by atoms with Gasteiger partial charge in [0, 0.05) is 23.1 Å². The summed E-state index contributed by atoms with van der Waals surface area (Å²) in [5, 5.41) is 8.74. The lowest BCUT2D eigenvalue weighted by atomic mass is 10.0. The molecule has 92 valence electrons. The maximum Gasteiger partial charge on any atom is 0.0638 e. The highest BCUT2D eigenvalue weighted by atomic mass is 79.9. The number of nitrogens with zero attached hydrogens (tertiary/aromatic N) is 2. The van der Waals surface area contributed by atoms with Gasteiger partial charge < -0.3 is 5.73 Å². The number of likely N-dealkylation sites (N-methyl/N-ethyl adjacent to an activating group) is 1. The van der Waals surface area contributed by atoms with Crippen molar-refractivity contribution in [1.29, 1.82) is 5.26 Å². The minimum Gasteiger partial charge on any atom is -0.329 e. The molecule has 0 heterocycles. The fourth-order valence-electron chi connectivity index (χ4n) is 1.83. The van der Waals surface area contributed by atoms with Gasteiger partial charge in [-0.3, -0.25) is 4.90 Å². The molecular formula is C13H18BrN3. The molecule has 17 heavy (non-hydrogen) atoms. The van der Waals surface area contributed by atoms with Crippen molar-refractivity contribution in [2.45, 2.75) is 25.4 Å². The van der Waals surface area contributed by atoms with Crippen molar-refractivity contribution in [3.05, 3.63) is 34.3 Å². The molecule has 3 nitrogen and oxygen atoms in total. The largest absolute Gasteiger partial charge is 0.329 e. The molecule has 0 aromatic heterocycles. The lowest BCUT2D eigenvalue weighted by Gasteiger charge is -2.31. The second-order valence-corrected chi connectivity index (χ2v) is 5.10. The van der Waals surface area contributed by atoms with Crippen LogP contribution >= 0.6 is 15.9 Å². The van der Waals surface area contributed by atoms with Gasteiger partial charge in [0.2, 0.25) is 0 Å². The molecule has 1 aromatic rings. The summed E-state index contributed by atoms with van der Waals surface area (Å²) in [7, 11) is 2.01. The van der Waals surface area contributed by atoms with Crippen molar-refractivity contribution in [2.24, 2.45) is 5.73 Å². The van der Waals surface area contributed by atoms with Crippen LogP contribution in [0, 0.1) is 11.3 Å². The second kappa shape index (κ2) is 6.75. The summed E-state index contributed by atoms with van der Waals surface area (Å²) in [5.74, 6) is 0. The van der Waals surface area contributed by atoms with Crippen LogP contribution in [0.4, 0.5) is 0 Å². The van der Waals surface area contributed by atoms with Gasteiger partial charge in [0.25, 0.3) is 0 Å². The Morgan fingerprint density at radius 1 is 1.53 bits per heavy atom. The number of halogens is 1. The third-order valence-electron chi connectivity index (χ3n) is 3.03. The first-order valence-electron chi connectivity index (χ1n) is 5.64. The normalized spacial score (nSPS) is 14.4. The van der Waals surface area contributed by atoms with E-state index in [1.54, 1.807) is 0 Å². The van der Waals surface area contributed by atoms with E-state index in [-0.39, 0.29) is 12.1 Å². The predicted molar refractivity (Wildman–Crippen MR) is 73.4 cm³/mol. The molecule has 2 unspecified atom stereocenters. The Kier molecular flexibility index (Phi) is 5.63. The summed E-state index contributed by atoms with van der Waals surface area (Å²) in [5.41, 5.74) is 7.03. The third-order valence-corrected chi connectivity index (χ3v) is 3.52. The van der Waals surface area contributed by atoms with Crippen LogP contribution in [0.3, 0.4) is 0 Å². The molecule has 0 saturated heterocycles. The molecule has 1 aromatic carbocycles. The first-order valence-corrected chi connectivity index (χ1v) is 6.43. The number of benzene rings is 1. The average molecular weight is 296 g/mol. The molecule has 0 radical (unpaired) electrons. The van der Waals surface area contributed by atoms with Gasteiger partial charge in [0.05, 0.1) is 12.5 Å². The van der Waals surface area contributed by atoms with E-state index >= 15 is 0 Å². The van der Waals surface area contributed by atoms with Gasteiger partial charge in [-0.15, -0.1) is 0 Å². The summed E-state index contributed by atoms with van der Waals surface area (Å²) in [6.45, 7) is 2.59. The molecule has 0 aliphatic rings. The molecule has 0 saturated carbocycles. The summed E-state index contributed by atoms with van der Waals surface area (Å²) in [6.07, 6.45) is 0.515. The van der Waals surface area contributed by atoms with Gasteiger partial charge in [0.15, 0.2) is 0 Å². The van der Waals surface area contributed by atoms with Crippen LogP contribution in [-0.4, -0.2) is 24.5 Å². The SMILES string of the molecule is CC(CC#N)N(C)C(CN)c1cccc(Br)c1. The topological polar surface area (TPSA) is 53.0 Å². The molecule has 4 heteroatoms. The maximum atomic E-state index is 8.74. The summed E-state index contributed by atoms with van der Waals surface area (Å²) >= 11 is 3.46. The van der Waals surface area contributed by atoms with E-state index in [4.69, 9.17) is 11.0 Å². The Morgan fingerprint density at radius 3 is 2.76 bits per heavy atom. The molecule has 0 bridgehead atoms. The Labute approximate surface area is 111 Å². The van der Waals surface area contributed by atoms with E-state index in [1.165, 1.54) is 5.56 Å². The van der Waals surface area contributed by atoms with Gasteiger partial charge >= 0.3 is 0 Å². The molecule has 0 fully saturated rings. The smallest absolute Gasteiger partial charge is 0.0638 e. The van der Waals surface area contributed by atoms with E-state index in [1.807, 2.05) is 26.1 Å². The van der Waals surface area contributed by atoms with E-state index in [2.05, 4.69) is 39.0 Å². The summed E-state index contributed by atoms with van der Waals surface area (Å²) in [6, 6.07) is 10.7. The minimum atomic E-state index is 0.149. The molecule has 2 atom stereocenters. The Hall–Kier alpha value is -0.890. The van der Waals surface area contributed by atoms with Gasteiger partial charge in [0.1, 0.15) is 0 Å².